The second-order valence-corrected chi connectivity index (χ2v) is 4.61. The predicted octanol–water partition coefficient (Wildman–Crippen LogP) is 0.778. The summed E-state index contributed by atoms with van der Waals surface area (Å²) < 4.78 is 4.75. The molecule has 0 aliphatic carbocycles. The molecule has 0 saturated carbocycles. The van der Waals surface area contributed by atoms with Crippen LogP contribution in [0.2, 0.25) is 0 Å². The summed E-state index contributed by atoms with van der Waals surface area (Å²) in [6, 6.07) is -0.891. The number of carbonyl (C=O) groups excluding carboxylic acids is 2. The fourth-order valence-corrected chi connectivity index (χ4v) is 1.63. The van der Waals surface area contributed by atoms with E-state index in [0.29, 0.717) is 4.47 Å². The van der Waals surface area contributed by atoms with Crippen molar-refractivity contribution in [2.24, 2.45) is 5.73 Å². The Kier molecular flexibility index (Phi) is 8.12. The molecule has 20 heavy (non-hydrogen) atoms. The van der Waals surface area contributed by atoms with Crippen LogP contribution in [0.25, 0.3) is 0 Å². The first-order valence-corrected chi connectivity index (χ1v) is 6.25. The van der Waals surface area contributed by atoms with Gasteiger partial charge in [-0.15, -0.1) is 12.4 Å². The van der Waals surface area contributed by atoms with Gasteiger partial charge in [0.05, 0.1) is 17.6 Å². The molecular weight excluding hydrogens is 353 g/mol. The molecule has 112 valence electrons. The van der Waals surface area contributed by atoms with Gasteiger partial charge in [0.2, 0.25) is 11.3 Å². The number of esters is 1. The van der Waals surface area contributed by atoms with Crippen LogP contribution in [0, 0.1) is 0 Å². The van der Waals surface area contributed by atoms with E-state index in [1.807, 2.05) is 0 Å². The van der Waals surface area contributed by atoms with Gasteiger partial charge in [-0.3, -0.25) is 14.4 Å². The average molecular weight is 369 g/mol. The molecule has 4 N–H and O–H groups in total. The van der Waals surface area contributed by atoms with Gasteiger partial charge < -0.3 is 20.8 Å². The molecule has 1 atom stereocenters. The summed E-state index contributed by atoms with van der Waals surface area (Å²) in [7, 11) is 1.26. The number of anilines is 1. The molecule has 9 heteroatoms. The van der Waals surface area contributed by atoms with E-state index in [1.54, 1.807) is 0 Å². The van der Waals surface area contributed by atoms with E-state index in [0.717, 1.165) is 0 Å². The number of H-pyrrole nitrogens is 1. The normalized spacial score (nSPS) is 11.2. The van der Waals surface area contributed by atoms with Gasteiger partial charge >= 0.3 is 5.97 Å². The summed E-state index contributed by atoms with van der Waals surface area (Å²) in [5.74, 6) is -0.976. The van der Waals surface area contributed by atoms with Gasteiger partial charge in [0.1, 0.15) is 5.69 Å². The number of aromatic amines is 1. The quantitative estimate of drug-likeness (QED) is 0.664. The van der Waals surface area contributed by atoms with Gasteiger partial charge in [0.25, 0.3) is 0 Å². The monoisotopic (exact) mass is 367 g/mol. The maximum Gasteiger partial charge on any atom is 0.305 e. The number of pyridine rings is 1. The number of hydrogen-bond donors (Lipinski definition) is 3. The van der Waals surface area contributed by atoms with Crippen LogP contribution in [0.1, 0.15) is 12.8 Å². The predicted molar refractivity (Wildman–Crippen MR) is 79.9 cm³/mol. The fourth-order valence-electron chi connectivity index (χ4n) is 1.28. The van der Waals surface area contributed by atoms with Crippen LogP contribution in [0.4, 0.5) is 5.69 Å². The standard InChI is InChI=1S/C11H14BrN3O4.ClH/c1-19-9(16)3-2-7(13)11(18)15-8-5-14-4-6(12)10(8)17;/h4-5,7H,2-3,13H2,1H3,(H,14,17)(H,15,18);1H. The Morgan fingerprint density at radius 1 is 1.50 bits per heavy atom. The Bertz CT molecular complexity index is 535. The molecule has 1 aromatic rings. The number of nitrogens with two attached hydrogens (primary N) is 1. The Morgan fingerprint density at radius 3 is 2.75 bits per heavy atom. The summed E-state index contributed by atoms with van der Waals surface area (Å²) in [6.07, 6.45) is 3.00. The van der Waals surface area contributed by atoms with E-state index >= 15 is 0 Å². The van der Waals surface area contributed by atoms with Gasteiger partial charge in [-0.25, -0.2) is 0 Å². The zero-order valence-electron chi connectivity index (χ0n) is 10.6. The van der Waals surface area contributed by atoms with Crippen molar-refractivity contribution in [1.29, 1.82) is 0 Å². The summed E-state index contributed by atoms with van der Waals surface area (Å²) in [6.45, 7) is 0. The smallest absolute Gasteiger partial charge is 0.305 e. The minimum atomic E-state index is -0.891. The lowest BCUT2D eigenvalue weighted by molar-refractivity contribution is -0.140. The highest BCUT2D eigenvalue weighted by molar-refractivity contribution is 9.10. The molecule has 0 saturated heterocycles. The second-order valence-electron chi connectivity index (χ2n) is 3.76. The van der Waals surface area contributed by atoms with Gasteiger partial charge in [-0.1, -0.05) is 0 Å². The van der Waals surface area contributed by atoms with Gasteiger partial charge in [-0.2, -0.15) is 0 Å². The van der Waals surface area contributed by atoms with Crippen LogP contribution in [0.5, 0.6) is 0 Å². The Morgan fingerprint density at radius 2 is 2.15 bits per heavy atom. The molecule has 0 aliphatic heterocycles. The number of amides is 1. The van der Waals surface area contributed by atoms with Crippen molar-refractivity contribution in [2.45, 2.75) is 18.9 Å². The van der Waals surface area contributed by atoms with Crippen LogP contribution in [0.3, 0.4) is 0 Å². The van der Waals surface area contributed by atoms with Gasteiger partial charge in [0, 0.05) is 18.8 Å². The van der Waals surface area contributed by atoms with Crippen LogP contribution in [-0.4, -0.2) is 30.0 Å². The average Bonchev–Trinajstić information content (AvgIpc) is 2.40. The van der Waals surface area contributed by atoms with Crippen LogP contribution in [0.15, 0.2) is 21.7 Å². The van der Waals surface area contributed by atoms with Gasteiger partial charge in [0.15, 0.2) is 0 Å². The highest BCUT2D eigenvalue weighted by atomic mass is 79.9. The van der Waals surface area contributed by atoms with Crippen LogP contribution < -0.4 is 16.5 Å². The lowest BCUT2D eigenvalue weighted by Gasteiger charge is -2.11. The zero-order valence-corrected chi connectivity index (χ0v) is 13.0. The second kappa shape index (κ2) is 8.72. The van der Waals surface area contributed by atoms with Crippen LogP contribution >= 0.6 is 28.3 Å². The first-order valence-electron chi connectivity index (χ1n) is 5.45. The summed E-state index contributed by atoms with van der Waals surface area (Å²) in [4.78, 5) is 37.0. The van der Waals surface area contributed by atoms with Crippen molar-refractivity contribution in [3.05, 3.63) is 27.1 Å². The SMILES string of the molecule is COC(=O)CCC(N)C(=O)Nc1c[nH]cc(Br)c1=O.Cl. The van der Waals surface area contributed by atoms with Crippen molar-refractivity contribution in [3.63, 3.8) is 0 Å². The summed E-state index contributed by atoms with van der Waals surface area (Å²) in [5, 5.41) is 2.40. The largest absolute Gasteiger partial charge is 0.469 e. The van der Waals surface area contributed by atoms with E-state index in [2.05, 4.69) is 31.0 Å². The molecule has 0 radical (unpaired) electrons. The summed E-state index contributed by atoms with van der Waals surface area (Å²) in [5.41, 5.74) is 5.35. The van der Waals surface area contributed by atoms with E-state index < -0.39 is 17.9 Å². The van der Waals surface area contributed by atoms with E-state index in [4.69, 9.17) is 5.73 Å². The number of halogens is 2. The fraction of sp³-hybridized carbons (Fsp3) is 0.364. The highest BCUT2D eigenvalue weighted by Gasteiger charge is 2.17. The molecule has 0 spiro atoms. The molecule has 1 unspecified atom stereocenters. The Hall–Kier alpha value is -1.38. The van der Waals surface area contributed by atoms with Crippen molar-refractivity contribution in [1.82, 2.24) is 4.98 Å². The number of carbonyl (C=O) groups is 2. The zero-order chi connectivity index (χ0) is 14.4. The van der Waals surface area contributed by atoms with E-state index in [-0.39, 0.29) is 36.4 Å². The maximum atomic E-state index is 11.7. The third kappa shape index (κ3) is 5.32. The summed E-state index contributed by atoms with van der Waals surface area (Å²) >= 11 is 3.04. The first-order chi connectivity index (χ1) is 8.95. The maximum absolute atomic E-state index is 11.7. The minimum absolute atomic E-state index is 0. The number of ether oxygens (including phenoxy) is 1. The lowest BCUT2D eigenvalue weighted by Crippen LogP contribution is -2.37. The molecule has 1 rings (SSSR count). The molecule has 1 amide bonds. The highest BCUT2D eigenvalue weighted by Crippen LogP contribution is 2.06. The molecule has 0 aromatic carbocycles. The number of hydrogen-bond acceptors (Lipinski definition) is 5. The Labute approximate surface area is 129 Å². The number of rotatable bonds is 5. The van der Waals surface area contributed by atoms with E-state index in [1.165, 1.54) is 19.5 Å². The number of methoxy groups -OCH3 is 1. The molecule has 7 nitrogen and oxygen atoms in total. The third-order valence-corrected chi connectivity index (χ3v) is 2.97. The Balaban J connectivity index is 0.00000361. The number of nitrogens with one attached hydrogen (secondary N) is 2. The molecule has 0 bridgehead atoms. The van der Waals surface area contributed by atoms with Crippen molar-refractivity contribution < 1.29 is 14.3 Å². The molecular formula is C11H15BrClN3O4. The van der Waals surface area contributed by atoms with Gasteiger partial charge in [-0.05, 0) is 22.4 Å². The van der Waals surface area contributed by atoms with Crippen molar-refractivity contribution >= 4 is 45.9 Å². The molecule has 0 aliphatic rings. The third-order valence-electron chi connectivity index (χ3n) is 2.38. The topological polar surface area (TPSA) is 114 Å². The molecule has 1 heterocycles. The molecule has 0 fully saturated rings. The number of aromatic nitrogens is 1. The van der Waals surface area contributed by atoms with Crippen molar-refractivity contribution in [3.8, 4) is 0 Å². The lowest BCUT2D eigenvalue weighted by atomic mass is 10.1. The first kappa shape index (κ1) is 18.6. The minimum Gasteiger partial charge on any atom is -0.469 e. The molecule has 1 aromatic heterocycles. The van der Waals surface area contributed by atoms with Crippen molar-refractivity contribution in [2.75, 3.05) is 12.4 Å². The van der Waals surface area contributed by atoms with E-state index in [9.17, 15) is 14.4 Å². The van der Waals surface area contributed by atoms with Crippen LogP contribution in [-0.2, 0) is 14.3 Å².